The molecule has 0 spiro atoms. The van der Waals surface area contributed by atoms with Gasteiger partial charge in [-0.2, -0.15) is 0 Å². The molecule has 0 aromatic heterocycles. The lowest BCUT2D eigenvalue weighted by Crippen LogP contribution is -2.47. The number of ether oxygens (including phenoxy) is 1. The number of likely N-dealkylation sites (tertiary alicyclic amines) is 1. The number of nitrogens with zero attached hydrogens (tertiary/aromatic N) is 3. The first kappa shape index (κ1) is 23.4. The Bertz CT molecular complexity index is 443. The van der Waals surface area contributed by atoms with Crippen LogP contribution in [0.5, 0.6) is 0 Å². The van der Waals surface area contributed by atoms with E-state index in [1.807, 2.05) is 4.90 Å². The van der Waals surface area contributed by atoms with Crippen LogP contribution >= 0.6 is 24.0 Å². The third kappa shape index (κ3) is 7.56. The van der Waals surface area contributed by atoms with Gasteiger partial charge in [0.1, 0.15) is 0 Å². The molecule has 152 valence electrons. The Labute approximate surface area is 175 Å². The highest BCUT2D eigenvalue weighted by Crippen LogP contribution is 2.27. The molecule has 0 radical (unpaired) electrons. The van der Waals surface area contributed by atoms with Crippen LogP contribution in [0.15, 0.2) is 4.99 Å². The maximum atomic E-state index is 12.5. The molecular formula is C18H36IN5O2. The van der Waals surface area contributed by atoms with E-state index in [0.29, 0.717) is 11.9 Å². The number of guanidine groups is 1. The van der Waals surface area contributed by atoms with Crippen molar-refractivity contribution in [3.05, 3.63) is 0 Å². The number of methoxy groups -OCH3 is 1. The minimum atomic E-state index is 0. The predicted molar refractivity (Wildman–Crippen MR) is 116 cm³/mol. The van der Waals surface area contributed by atoms with E-state index in [1.165, 1.54) is 12.8 Å². The highest BCUT2D eigenvalue weighted by molar-refractivity contribution is 14.0. The summed E-state index contributed by atoms with van der Waals surface area (Å²) < 4.78 is 5.09. The first-order valence-corrected chi connectivity index (χ1v) is 9.57. The van der Waals surface area contributed by atoms with Gasteiger partial charge in [0.15, 0.2) is 5.96 Å². The van der Waals surface area contributed by atoms with E-state index in [0.717, 1.165) is 64.6 Å². The number of carbonyl (C=O) groups is 1. The Balaban J connectivity index is 0.00000338. The van der Waals surface area contributed by atoms with Crippen molar-refractivity contribution in [3.63, 3.8) is 0 Å². The van der Waals surface area contributed by atoms with E-state index in [4.69, 9.17) is 4.74 Å². The van der Waals surface area contributed by atoms with E-state index in [2.05, 4.69) is 27.6 Å². The standard InChI is InChI=1S/C18H35N5O2.HI/c1-19-18(20-9-11-22(2)12-13-25-3)21-16-8-10-23(14-16)17(24)15-6-4-5-7-15;/h15-16H,4-14H2,1-3H3,(H2,19,20,21);1H. The van der Waals surface area contributed by atoms with Crippen molar-refractivity contribution < 1.29 is 9.53 Å². The fourth-order valence-electron chi connectivity index (χ4n) is 3.62. The average Bonchev–Trinajstić information content (AvgIpc) is 3.30. The third-order valence-electron chi connectivity index (χ3n) is 5.23. The van der Waals surface area contributed by atoms with E-state index >= 15 is 0 Å². The number of amides is 1. The zero-order valence-electron chi connectivity index (χ0n) is 16.5. The smallest absolute Gasteiger partial charge is 0.225 e. The molecule has 2 aliphatic rings. The van der Waals surface area contributed by atoms with Crippen LogP contribution in [0.4, 0.5) is 0 Å². The first-order valence-electron chi connectivity index (χ1n) is 9.57. The number of nitrogens with one attached hydrogen (secondary N) is 2. The molecule has 0 aromatic rings. The first-order chi connectivity index (χ1) is 12.1. The van der Waals surface area contributed by atoms with E-state index in [-0.39, 0.29) is 29.9 Å². The van der Waals surface area contributed by atoms with Gasteiger partial charge in [0.2, 0.25) is 5.91 Å². The summed E-state index contributed by atoms with van der Waals surface area (Å²) in [6.07, 6.45) is 5.57. The fraction of sp³-hybridized carbons (Fsp3) is 0.889. The van der Waals surface area contributed by atoms with Crippen LogP contribution < -0.4 is 10.6 Å². The molecule has 0 aromatic carbocycles. The Morgan fingerprint density at radius 3 is 2.65 bits per heavy atom. The fourth-order valence-corrected chi connectivity index (χ4v) is 3.62. The Hall–Kier alpha value is -0.610. The second kappa shape index (κ2) is 12.7. The number of halogens is 1. The van der Waals surface area contributed by atoms with Gasteiger partial charge in [0.05, 0.1) is 6.61 Å². The molecule has 1 aliphatic carbocycles. The highest BCUT2D eigenvalue weighted by atomic mass is 127. The summed E-state index contributed by atoms with van der Waals surface area (Å²) in [5.74, 6) is 1.46. The molecule has 1 saturated carbocycles. The summed E-state index contributed by atoms with van der Waals surface area (Å²) in [5.41, 5.74) is 0. The van der Waals surface area contributed by atoms with Crippen LogP contribution in [0, 0.1) is 5.92 Å². The van der Waals surface area contributed by atoms with E-state index in [1.54, 1.807) is 14.2 Å². The molecule has 1 saturated heterocycles. The number of rotatable bonds is 8. The maximum absolute atomic E-state index is 12.5. The van der Waals surface area contributed by atoms with Crippen LogP contribution in [0.2, 0.25) is 0 Å². The molecule has 1 atom stereocenters. The van der Waals surface area contributed by atoms with Crippen molar-refractivity contribution in [2.24, 2.45) is 10.9 Å². The van der Waals surface area contributed by atoms with Crippen LogP contribution in [-0.2, 0) is 9.53 Å². The van der Waals surface area contributed by atoms with E-state index < -0.39 is 0 Å². The molecule has 26 heavy (non-hydrogen) atoms. The second-order valence-corrected chi connectivity index (χ2v) is 7.19. The number of hydrogen-bond donors (Lipinski definition) is 2. The minimum Gasteiger partial charge on any atom is -0.383 e. The van der Waals surface area contributed by atoms with Gasteiger partial charge in [-0.25, -0.2) is 0 Å². The lowest BCUT2D eigenvalue weighted by atomic mass is 10.1. The molecule has 1 amide bonds. The van der Waals surface area contributed by atoms with Gasteiger partial charge in [0.25, 0.3) is 0 Å². The topological polar surface area (TPSA) is 69.2 Å². The number of likely N-dealkylation sites (N-methyl/N-ethyl adjacent to an activating group) is 1. The molecule has 2 rings (SSSR count). The van der Waals surface area contributed by atoms with Crippen molar-refractivity contribution >= 4 is 35.8 Å². The summed E-state index contributed by atoms with van der Waals surface area (Å²) in [5, 5.41) is 6.82. The van der Waals surface area contributed by atoms with Crippen molar-refractivity contribution in [2.75, 3.05) is 60.5 Å². The highest BCUT2D eigenvalue weighted by Gasteiger charge is 2.32. The SMILES string of the molecule is CN=C(NCCN(C)CCOC)NC1CCN(C(=O)C2CCCC2)C1.I. The molecular weight excluding hydrogens is 445 g/mol. The molecule has 1 aliphatic heterocycles. The van der Waals surface area contributed by atoms with Crippen molar-refractivity contribution in [2.45, 2.75) is 38.1 Å². The maximum Gasteiger partial charge on any atom is 0.225 e. The summed E-state index contributed by atoms with van der Waals surface area (Å²) >= 11 is 0. The molecule has 0 bridgehead atoms. The summed E-state index contributed by atoms with van der Waals surface area (Å²) in [7, 11) is 5.60. The minimum absolute atomic E-state index is 0. The predicted octanol–water partition coefficient (Wildman–Crippen LogP) is 1.14. The molecule has 1 heterocycles. The van der Waals surface area contributed by atoms with Crippen LogP contribution in [-0.4, -0.2) is 88.2 Å². The van der Waals surface area contributed by atoms with Crippen molar-refractivity contribution in [1.29, 1.82) is 0 Å². The lowest BCUT2D eigenvalue weighted by molar-refractivity contribution is -0.134. The van der Waals surface area contributed by atoms with Gasteiger partial charge >= 0.3 is 0 Å². The van der Waals surface area contributed by atoms with Gasteiger partial charge in [-0.15, -0.1) is 24.0 Å². The Kier molecular flexibility index (Phi) is 11.5. The summed E-state index contributed by atoms with van der Waals surface area (Å²) in [6.45, 7) is 5.09. The van der Waals surface area contributed by atoms with Gasteiger partial charge < -0.3 is 25.2 Å². The van der Waals surface area contributed by atoms with Gasteiger partial charge in [-0.05, 0) is 26.3 Å². The van der Waals surface area contributed by atoms with E-state index in [9.17, 15) is 4.79 Å². The number of carbonyl (C=O) groups excluding carboxylic acids is 1. The zero-order chi connectivity index (χ0) is 18.1. The zero-order valence-corrected chi connectivity index (χ0v) is 18.8. The van der Waals surface area contributed by atoms with Crippen LogP contribution in [0.3, 0.4) is 0 Å². The second-order valence-electron chi connectivity index (χ2n) is 7.19. The number of aliphatic imine (C=N–C) groups is 1. The lowest BCUT2D eigenvalue weighted by Gasteiger charge is -2.22. The molecule has 2 fully saturated rings. The molecule has 1 unspecified atom stereocenters. The molecule has 8 heteroatoms. The van der Waals surface area contributed by atoms with Crippen molar-refractivity contribution in [3.8, 4) is 0 Å². The van der Waals surface area contributed by atoms with Gasteiger partial charge in [-0.1, -0.05) is 12.8 Å². The molecule has 2 N–H and O–H groups in total. The monoisotopic (exact) mass is 481 g/mol. The van der Waals surface area contributed by atoms with Gasteiger partial charge in [-0.3, -0.25) is 9.79 Å². The van der Waals surface area contributed by atoms with Gasteiger partial charge in [0, 0.05) is 58.8 Å². The Morgan fingerprint density at radius 1 is 1.27 bits per heavy atom. The quantitative estimate of drug-likeness (QED) is 0.309. The normalized spacial score (nSPS) is 21.2. The Morgan fingerprint density at radius 2 is 2.00 bits per heavy atom. The molecule has 7 nitrogen and oxygen atoms in total. The average molecular weight is 481 g/mol. The van der Waals surface area contributed by atoms with Crippen LogP contribution in [0.1, 0.15) is 32.1 Å². The number of hydrogen-bond acceptors (Lipinski definition) is 4. The summed E-state index contributed by atoms with van der Waals surface area (Å²) in [4.78, 5) is 21.1. The largest absolute Gasteiger partial charge is 0.383 e. The third-order valence-corrected chi connectivity index (χ3v) is 5.23. The van der Waals surface area contributed by atoms with Crippen molar-refractivity contribution in [1.82, 2.24) is 20.4 Å². The van der Waals surface area contributed by atoms with Crippen LogP contribution in [0.25, 0.3) is 0 Å². The summed E-state index contributed by atoms with van der Waals surface area (Å²) in [6, 6.07) is 0.294.